The van der Waals surface area contributed by atoms with Crippen LogP contribution in [0.4, 0.5) is 18.0 Å². The van der Waals surface area contributed by atoms with Gasteiger partial charge in [-0.3, -0.25) is 9.59 Å². The van der Waals surface area contributed by atoms with Gasteiger partial charge in [0.25, 0.3) is 5.91 Å². The van der Waals surface area contributed by atoms with E-state index in [1.807, 2.05) is 0 Å². The number of carbonyl (C=O) groups excluding carboxylic acids is 3. The van der Waals surface area contributed by atoms with Gasteiger partial charge in [0.05, 0.1) is 5.56 Å². The molecule has 0 saturated carbocycles. The number of ether oxygens (including phenoxy) is 1. The molecular formula is C27H30F3N3O6. The molecule has 9 nitrogen and oxygen atoms in total. The zero-order valence-corrected chi connectivity index (χ0v) is 21.8. The number of benzene rings is 2. The average molecular weight is 550 g/mol. The molecule has 1 atom stereocenters. The Hall–Kier alpha value is -4.09. The minimum atomic E-state index is -1.39. The fraction of sp³-hybridized carbons (Fsp3) is 0.407. The van der Waals surface area contributed by atoms with Crippen molar-refractivity contribution in [3.8, 4) is 0 Å². The monoisotopic (exact) mass is 549 g/mol. The molecule has 0 bridgehead atoms. The number of hydrogen-bond acceptors (Lipinski definition) is 5. The van der Waals surface area contributed by atoms with Gasteiger partial charge in [0.2, 0.25) is 5.91 Å². The van der Waals surface area contributed by atoms with Gasteiger partial charge in [-0.05, 0) is 57.5 Å². The fourth-order valence-corrected chi connectivity index (χ4v) is 4.04. The number of amides is 3. The standard InChI is InChI=1S/C27H30F3N3O6/c1-27(2,3)31-26(38)39-22(18-14-20(29)21(30)15-19(18)28)8-9-23(34)32-10-12-33(13-11-32)24(35)16-4-6-17(7-5-16)25(36)37/h4-7,14-15,22H,8-13H2,1-3H3,(H,31,38)(H,36,37). The summed E-state index contributed by atoms with van der Waals surface area (Å²) in [5.41, 5.74) is -0.695. The molecule has 1 saturated heterocycles. The summed E-state index contributed by atoms with van der Waals surface area (Å²) < 4.78 is 47.1. The molecule has 39 heavy (non-hydrogen) atoms. The second kappa shape index (κ2) is 12.2. The van der Waals surface area contributed by atoms with Crippen LogP contribution >= 0.6 is 0 Å². The molecule has 210 valence electrons. The van der Waals surface area contributed by atoms with Crippen LogP contribution in [0.2, 0.25) is 0 Å². The largest absolute Gasteiger partial charge is 0.478 e. The normalized spacial score (nSPS) is 14.5. The highest BCUT2D eigenvalue weighted by molar-refractivity contribution is 5.96. The molecule has 3 amide bonds. The van der Waals surface area contributed by atoms with Crippen molar-refractivity contribution in [2.24, 2.45) is 0 Å². The van der Waals surface area contributed by atoms with Gasteiger partial charge in [-0.2, -0.15) is 0 Å². The Morgan fingerprint density at radius 1 is 0.897 bits per heavy atom. The highest BCUT2D eigenvalue weighted by Crippen LogP contribution is 2.28. The third kappa shape index (κ3) is 7.95. The van der Waals surface area contributed by atoms with Crippen LogP contribution in [-0.2, 0) is 9.53 Å². The first-order chi connectivity index (χ1) is 18.2. The van der Waals surface area contributed by atoms with Crippen LogP contribution in [0.1, 0.15) is 66.0 Å². The number of carbonyl (C=O) groups is 4. The van der Waals surface area contributed by atoms with Crippen molar-refractivity contribution in [3.63, 3.8) is 0 Å². The van der Waals surface area contributed by atoms with Crippen LogP contribution < -0.4 is 5.32 Å². The summed E-state index contributed by atoms with van der Waals surface area (Å²) in [5.74, 6) is -5.57. The summed E-state index contributed by atoms with van der Waals surface area (Å²) in [7, 11) is 0. The molecule has 12 heteroatoms. The third-order valence-electron chi connectivity index (χ3n) is 6.03. The Balaban J connectivity index is 1.62. The van der Waals surface area contributed by atoms with E-state index in [0.29, 0.717) is 17.7 Å². The molecule has 1 heterocycles. The molecule has 2 aromatic rings. The number of nitrogens with one attached hydrogen (secondary N) is 1. The van der Waals surface area contributed by atoms with Gasteiger partial charge in [-0.25, -0.2) is 22.8 Å². The van der Waals surface area contributed by atoms with Crippen molar-refractivity contribution in [2.75, 3.05) is 26.2 Å². The van der Waals surface area contributed by atoms with Gasteiger partial charge in [0.15, 0.2) is 11.6 Å². The maximum Gasteiger partial charge on any atom is 0.408 e. The minimum Gasteiger partial charge on any atom is -0.478 e. The van der Waals surface area contributed by atoms with Crippen LogP contribution in [0.5, 0.6) is 0 Å². The molecule has 0 radical (unpaired) electrons. The van der Waals surface area contributed by atoms with E-state index in [1.54, 1.807) is 25.7 Å². The number of piperazine rings is 1. The zero-order chi connectivity index (χ0) is 28.9. The maximum absolute atomic E-state index is 14.5. The smallest absolute Gasteiger partial charge is 0.408 e. The number of carboxylic acids is 1. The van der Waals surface area contributed by atoms with Gasteiger partial charge < -0.3 is 25.0 Å². The topological polar surface area (TPSA) is 116 Å². The van der Waals surface area contributed by atoms with Crippen molar-refractivity contribution >= 4 is 23.9 Å². The van der Waals surface area contributed by atoms with E-state index in [0.717, 1.165) is 0 Å². The van der Waals surface area contributed by atoms with E-state index < -0.39 is 46.7 Å². The van der Waals surface area contributed by atoms with Crippen molar-refractivity contribution in [1.29, 1.82) is 0 Å². The van der Waals surface area contributed by atoms with Crippen LogP contribution in [0.15, 0.2) is 36.4 Å². The summed E-state index contributed by atoms with van der Waals surface area (Å²) in [6, 6.07) is 6.50. The van der Waals surface area contributed by atoms with Crippen molar-refractivity contribution in [3.05, 3.63) is 70.5 Å². The molecule has 3 rings (SSSR count). The first kappa shape index (κ1) is 29.5. The summed E-state index contributed by atoms with van der Waals surface area (Å²) >= 11 is 0. The molecule has 0 spiro atoms. The molecule has 2 N–H and O–H groups in total. The summed E-state index contributed by atoms with van der Waals surface area (Å²) in [4.78, 5) is 52.0. The SMILES string of the molecule is CC(C)(C)NC(=O)OC(CCC(=O)N1CCN(C(=O)c2ccc(C(=O)O)cc2)CC1)c1cc(F)c(F)cc1F. The number of aromatic carboxylic acids is 1. The Morgan fingerprint density at radius 2 is 1.44 bits per heavy atom. The Kier molecular flexibility index (Phi) is 9.20. The lowest BCUT2D eigenvalue weighted by molar-refractivity contribution is -0.133. The Morgan fingerprint density at radius 3 is 2.00 bits per heavy atom. The van der Waals surface area contributed by atoms with Gasteiger partial charge in [0, 0.05) is 55.3 Å². The quantitative estimate of drug-likeness (QED) is 0.502. The third-order valence-corrected chi connectivity index (χ3v) is 6.03. The Labute approximate surface area is 223 Å². The molecule has 0 aliphatic carbocycles. The van der Waals surface area contributed by atoms with E-state index >= 15 is 0 Å². The minimum absolute atomic E-state index is 0.0587. The van der Waals surface area contributed by atoms with E-state index in [4.69, 9.17) is 9.84 Å². The van der Waals surface area contributed by atoms with Crippen LogP contribution in [-0.4, -0.2) is 70.5 Å². The molecule has 2 aromatic carbocycles. The molecule has 1 unspecified atom stereocenters. The average Bonchev–Trinajstić information content (AvgIpc) is 2.87. The Bertz CT molecular complexity index is 1240. The van der Waals surface area contributed by atoms with Crippen molar-refractivity contribution in [1.82, 2.24) is 15.1 Å². The number of hydrogen-bond donors (Lipinski definition) is 2. The van der Waals surface area contributed by atoms with Gasteiger partial charge in [0.1, 0.15) is 11.9 Å². The first-order valence-corrected chi connectivity index (χ1v) is 12.3. The second-order valence-electron chi connectivity index (χ2n) is 10.2. The van der Waals surface area contributed by atoms with Crippen molar-refractivity contribution in [2.45, 2.75) is 45.3 Å². The molecule has 1 aliphatic heterocycles. The lowest BCUT2D eigenvalue weighted by Crippen LogP contribution is -2.50. The number of nitrogens with zero attached hydrogens (tertiary/aromatic N) is 2. The highest BCUT2D eigenvalue weighted by atomic mass is 19.2. The van der Waals surface area contributed by atoms with E-state index in [9.17, 15) is 32.3 Å². The van der Waals surface area contributed by atoms with Crippen molar-refractivity contribution < 1.29 is 42.2 Å². The van der Waals surface area contributed by atoms with Crippen LogP contribution in [0.3, 0.4) is 0 Å². The second-order valence-corrected chi connectivity index (χ2v) is 10.2. The summed E-state index contributed by atoms with van der Waals surface area (Å²) in [5, 5.41) is 11.5. The zero-order valence-electron chi connectivity index (χ0n) is 21.8. The summed E-state index contributed by atoms with van der Waals surface area (Å²) in [6.07, 6.45) is -2.64. The van der Waals surface area contributed by atoms with E-state index in [2.05, 4.69) is 5.32 Å². The summed E-state index contributed by atoms with van der Waals surface area (Å²) in [6.45, 7) is 5.98. The highest BCUT2D eigenvalue weighted by Gasteiger charge is 2.28. The first-order valence-electron chi connectivity index (χ1n) is 12.3. The van der Waals surface area contributed by atoms with E-state index in [1.165, 1.54) is 29.2 Å². The number of rotatable bonds is 7. The molecule has 1 aliphatic rings. The molecule has 0 aromatic heterocycles. The van der Waals surface area contributed by atoms with Crippen LogP contribution in [0.25, 0.3) is 0 Å². The molecular weight excluding hydrogens is 519 g/mol. The van der Waals surface area contributed by atoms with E-state index in [-0.39, 0.29) is 56.4 Å². The lowest BCUT2D eigenvalue weighted by Gasteiger charge is -2.35. The predicted molar refractivity (Wildman–Crippen MR) is 134 cm³/mol. The number of halogens is 3. The number of alkyl carbamates (subject to hydrolysis) is 1. The maximum atomic E-state index is 14.5. The number of carboxylic acid groups (broad SMARTS) is 1. The lowest BCUT2D eigenvalue weighted by atomic mass is 10.0. The van der Waals surface area contributed by atoms with Gasteiger partial charge >= 0.3 is 12.1 Å². The fourth-order valence-electron chi connectivity index (χ4n) is 4.04. The van der Waals surface area contributed by atoms with Crippen LogP contribution in [0, 0.1) is 17.5 Å². The predicted octanol–water partition coefficient (Wildman–Crippen LogP) is 4.13. The van der Waals surface area contributed by atoms with Gasteiger partial charge in [-0.15, -0.1) is 0 Å². The van der Waals surface area contributed by atoms with Gasteiger partial charge in [-0.1, -0.05) is 0 Å². The molecule has 1 fully saturated rings.